The predicted molar refractivity (Wildman–Crippen MR) is 85.0 cm³/mol. The molecule has 4 nitrogen and oxygen atoms in total. The number of likely N-dealkylation sites (N-methyl/N-ethyl adjacent to an activating group) is 1. The fourth-order valence-corrected chi connectivity index (χ4v) is 3.36. The van der Waals surface area contributed by atoms with Crippen molar-refractivity contribution in [2.75, 3.05) is 26.8 Å². The second-order valence-electron chi connectivity index (χ2n) is 5.15. The summed E-state index contributed by atoms with van der Waals surface area (Å²) in [6, 6.07) is 10.5. The summed E-state index contributed by atoms with van der Waals surface area (Å²) < 4.78 is 11.2. The van der Waals surface area contributed by atoms with Crippen molar-refractivity contribution >= 4 is 11.3 Å². The van der Waals surface area contributed by atoms with Crippen molar-refractivity contribution in [3.8, 4) is 11.5 Å². The zero-order valence-corrected chi connectivity index (χ0v) is 12.9. The van der Waals surface area contributed by atoms with Crippen LogP contribution in [0.4, 0.5) is 0 Å². The lowest BCUT2D eigenvalue weighted by atomic mass is 10.0. The van der Waals surface area contributed by atoms with Crippen LogP contribution in [-0.4, -0.2) is 31.7 Å². The summed E-state index contributed by atoms with van der Waals surface area (Å²) in [6.07, 6.45) is 0. The number of ether oxygens (including phenoxy) is 2. The molecular formula is C16H20N2O2S. The molecule has 0 aliphatic carbocycles. The molecule has 0 saturated heterocycles. The minimum atomic E-state index is 0.169. The minimum absolute atomic E-state index is 0.169. The number of benzene rings is 1. The molecule has 1 aromatic heterocycles. The van der Waals surface area contributed by atoms with E-state index in [1.54, 1.807) is 11.3 Å². The van der Waals surface area contributed by atoms with Gasteiger partial charge in [-0.15, -0.1) is 11.3 Å². The van der Waals surface area contributed by atoms with Gasteiger partial charge in [0.1, 0.15) is 13.2 Å². The fourth-order valence-electron chi connectivity index (χ4n) is 2.60. The maximum Gasteiger partial charge on any atom is 0.161 e. The van der Waals surface area contributed by atoms with Gasteiger partial charge < -0.3 is 15.2 Å². The van der Waals surface area contributed by atoms with E-state index in [9.17, 15) is 0 Å². The monoisotopic (exact) mass is 304 g/mol. The van der Waals surface area contributed by atoms with Crippen LogP contribution in [0.3, 0.4) is 0 Å². The smallest absolute Gasteiger partial charge is 0.161 e. The number of thiophene rings is 1. The number of nitrogens with zero attached hydrogens (tertiary/aromatic N) is 1. The summed E-state index contributed by atoms with van der Waals surface area (Å²) in [4.78, 5) is 3.62. The highest BCUT2D eigenvalue weighted by Crippen LogP contribution is 2.34. The standard InChI is InChI=1S/C16H20N2O2S/c1-18(11-13-3-2-8-21-13)14(10-17)12-4-5-15-16(9-12)20-7-6-19-15/h2-5,8-9,14H,6-7,10-11,17H2,1H3. The molecular weight excluding hydrogens is 284 g/mol. The molecule has 0 saturated carbocycles. The second-order valence-corrected chi connectivity index (χ2v) is 6.18. The molecule has 112 valence electrons. The Bertz CT molecular complexity index is 586. The molecule has 1 aromatic carbocycles. The van der Waals surface area contributed by atoms with E-state index in [-0.39, 0.29) is 6.04 Å². The Kier molecular flexibility index (Phi) is 4.43. The van der Waals surface area contributed by atoms with Crippen LogP contribution in [0.5, 0.6) is 11.5 Å². The highest BCUT2D eigenvalue weighted by atomic mass is 32.1. The summed E-state index contributed by atoms with van der Waals surface area (Å²) in [6.45, 7) is 2.69. The molecule has 0 fully saturated rings. The van der Waals surface area contributed by atoms with Crippen molar-refractivity contribution < 1.29 is 9.47 Å². The molecule has 0 radical (unpaired) electrons. The van der Waals surface area contributed by atoms with E-state index in [1.807, 2.05) is 6.07 Å². The lowest BCUT2D eigenvalue weighted by Crippen LogP contribution is -2.30. The fraction of sp³-hybridized carbons (Fsp3) is 0.375. The maximum absolute atomic E-state index is 6.00. The lowest BCUT2D eigenvalue weighted by Gasteiger charge is -2.28. The Morgan fingerprint density at radius 2 is 2.05 bits per heavy atom. The van der Waals surface area contributed by atoms with E-state index in [0.717, 1.165) is 18.0 Å². The minimum Gasteiger partial charge on any atom is -0.486 e. The van der Waals surface area contributed by atoms with Crippen molar-refractivity contribution in [2.45, 2.75) is 12.6 Å². The first-order valence-electron chi connectivity index (χ1n) is 7.10. The average Bonchev–Trinajstić information content (AvgIpc) is 3.01. The lowest BCUT2D eigenvalue weighted by molar-refractivity contribution is 0.170. The van der Waals surface area contributed by atoms with E-state index in [1.165, 1.54) is 10.4 Å². The van der Waals surface area contributed by atoms with E-state index in [4.69, 9.17) is 15.2 Å². The van der Waals surface area contributed by atoms with E-state index in [2.05, 4.69) is 41.6 Å². The third kappa shape index (κ3) is 3.20. The van der Waals surface area contributed by atoms with Crippen LogP contribution >= 0.6 is 11.3 Å². The van der Waals surface area contributed by atoms with Gasteiger partial charge >= 0.3 is 0 Å². The Balaban J connectivity index is 1.79. The molecule has 0 bridgehead atoms. The first-order valence-corrected chi connectivity index (χ1v) is 7.98. The van der Waals surface area contributed by atoms with Gasteiger partial charge in [0, 0.05) is 24.0 Å². The topological polar surface area (TPSA) is 47.7 Å². The van der Waals surface area contributed by atoms with Gasteiger partial charge in [-0.2, -0.15) is 0 Å². The molecule has 1 atom stereocenters. The third-order valence-corrected chi connectivity index (χ3v) is 4.55. The van der Waals surface area contributed by atoms with Gasteiger partial charge in [-0.1, -0.05) is 12.1 Å². The average molecular weight is 304 g/mol. The molecule has 2 aromatic rings. The van der Waals surface area contributed by atoms with Crippen LogP contribution < -0.4 is 15.2 Å². The molecule has 21 heavy (non-hydrogen) atoms. The van der Waals surface area contributed by atoms with Gasteiger partial charge in [0.2, 0.25) is 0 Å². The predicted octanol–water partition coefficient (Wildman–Crippen LogP) is 2.65. The van der Waals surface area contributed by atoms with Gasteiger partial charge in [0.25, 0.3) is 0 Å². The Labute approximate surface area is 129 Å². The first kappa shape index (κ1) is 14.4. The number of hydrogen-bond donors (Lipinski definition) is 1. The van der Waals surface area contributed by atoms with E-state index in [0.29, 0.717) is 19.8 Å². The van der Waals surface area contributed by atoms with Gasteiger partial charge in [0.15, 0.2) is 11.5 Å². The van der Waals surface area contributed by atoms with Gasteiger partial charge in [-0.25, -0.2) is 0 Å². The first-order chi connectivity index (χ1) is 10.3. The number of rotatable bonds is 5. The van der Waals surface area contributed by atoms with Gasteiger partial charge in [-0.05, 0) is 36.2 Å². The summed E-state index contributed by atoms with van der Waals surface area (Å²) in [5.74, 6) is 1.64. The van der Waals surface area contributed by atoms with Crippen molar-refractivity contribution in [1.82, 2.24) is 4.90 Å². The second kappa shape index (κ2) is 6.47. The van der Waals surface area contributed by atoms with Gasteiger partial charge in [0.05, 0.1) is 0 Å². The number of nitrogens with two attached hydrogens (primary N) is 1. The molecule has 0 amide bonds. The van der Waals surface area contributed by atoms with Crippen molar-refractivity contribution in [2.24, 2.45) is 5.73 Å². The molecule has 1 aliphatic heterocycles. The van der Waals surface area contributed by atoms with Crippen LogP contribution in [0, 0.1) is 0 Å². The molecule has 5 heteroatoms. The van der Waals surface area contributed by atoms with Crippen molar-refractivity contribution in [3.05, 3.63) is 46.2 Å². The summed E-state index contributed by atoms with van der Waals surface area (Å²) in [7, 11) is 2.11. The van der Waals surface area contributed by atoms with Crippen LogP contribution in [0.25, 0.3) is 0 Å². The zero-order valence-electron chi connectivity index (χ0n) is 12.1. The molecule has 3 rings (SSSR count). The third-order valence-electron chi connectivity index (χ3n) is 3.69. The summed E-state index contributed by atoms with van der Waals surface area (Å²) in [5.41, 5.74) is 7.17. The van der Waals surface area contributed by atoms with Gasteiger partial charge in [-0.3, -0.25) is 4.90 Å². The molecule has 0 spiro atoms. The highest BCUT2D eigenvalue weighted by molar-refractivity contribution is 7.09. The highest BCUT2D eigenvalue weighted by Gasteiger charge is 2.19. The van der Waals surface area contributed by atoms with Crippen molar-refractivity contribution in [1.29, 1.82) is 0 Å². The zero-order chi connectivity index (χ0) is 14.7. The van der Waals surface area contributed by atoms with Crippen LogP contribution in [0.2, 0.25) is 0 Å². The number of fused-ring (bicyclic) bond motifs is 1. The number of hydrogen-bond acceptors (Lipinski definition) is 5. The molecule has 2 heterocycles. The maximum atomic E-state index is 6.00. The van der Waals surface area contributed by atoms with Crippen LogP contribution in [0.15, 0.2) is 35.7 Å². The summed E-state index contributed by atoms with van der Waals surface area (Å²) in [5, 5.41) is 2.10. The normalized spacial score (nSPS) is 15.2. The van der Waals surface area contributed by atoms with E-state index >= 15 is 0 Å². The largest absolute Gasteiger partial charge is 0.486 e. The molecule has 1 aliphatic rings. The SMILES string of the molecule is CN(Cc1cccs1)C(CN)c1ccc2c(c1)OCCO2. The molecule has 1 unspecified atom stereocenters. The Hall–Kier alpha value is -1.56. The van der Waals surface area contributed by atoms with E-state index < -0.39 is 0 Å². The quantitative estimate of drug-likeness (QED) is 0.922. The molecule has 2 N–H and O–H groups in total. The van der Waals surface area contributed by atoms with Crippen LogP contribution in [0.1, 0.15) is 16.5 Å². The van der Waals surface area contributed by atoms with Crippen LogP contribution in [-0.2, 0) is 6.54 Å². The Morgan fingerprint density at radius 1 is 1.24 bits per heavy atom. The Morgan fingerprint density at radius 3 is 2.76 bits per heavy atom. The van der Waals surface area contributed by atoms with Crippen molar-refractivity contribution in [3.63, 3.8) is 0 Å². The summed E-state index contributed by atoms with van der Waals surface area (Å²) >= 11 is 1.77.